The molecule has 122 valence electrons. The van der Waals surface area contributed by atoms with E-state index in [2.05, 4.69) is 5.32 Å². The predicted octanol–water partition coefficient (Wildman–Crippen LogP) is 2.84. The van der Waals surface area contributed by atoms with E-state index in [-0.39, 0.29) is 5.76 Å². The lowest BCUT2D eigenvalue weighted by molar-refractivity contribution is 0.0907. The number of rotatable bonds is 5. The molecule has 5 nitrogen and oxygen atoms in total. The molecule has 3 rings (SSSR count). The summed E-state index contributed by atoms with van der Waals surface area (Å²) in [5.74, 6) is -0.422. The molecule has 24 heavy (non-hydrogen) atoms. The van der Waals surface area contributed by atoms with Gasteiger partial charge in [-0.05, 0) is 11.6 Å². The lowest BCUT2D eigenvalue weighted by Gasteiger charge is -2.11. The van der Waals surface area contributed by atoms with Gasteiger partial charge < -0.3 is 14.5 Å². The first kappa shape index (κ1) is 16.0. The van der Waals surface area contributed by atoms with Crippen molar-refractivity contribution in [2.24, 2.45) is 0 Å². The third kappa shape index (κ3) is 3.07. The van der Waals surface area contributed by atoms with Crippen LogP contribution in [0.1, 0.15) is 10.6 Å². The minimum absolute atomic E-state index is 0.0148. The average molecular weight is 323 g/mol. The first-order valence-corrected chi connectivity index (χ1v) is 7.61. The van der Waals surface area contributed by atoms with Crippen LogP contribution in [0.3, 0.4) is 0 Å². The van der Waals surface area contributed by atoms with Gasteiger partial charge >= 0.3 is 5.63 Å². The molecule has 0 saturated heterocycles. The Morgan fingerprint density at radius 1 is 1.04 bits per heavy atom. The summed E-state index contributed by atoms with van der Waals surface area (Å²) in [6.07, 6.45) is 0. The molecule has 0 aliphatic rings. The highest BCUT2D eigenvalue weighted by Gasteiger charge is 2.20. The molecule has 3 aromatic rings. The highest BCUT2D eigenvalue weighted by Crippen LogP contribution is 2.30. The molecule has 0 radical (unpaired) electrons. The summed E-state index contributed by atoms with van der Waals surface area (Å²) in [4.78, 5) is 24.8. The van der Waals surface area contributed by atoms with Crippen LogP contribution in [-0.4, -0.2) is 26.2 Å². The quantitative estimate of drug-likeness (QED) is 0.733. The molecule has 1 N–H and O–H groups in total. The van der Waals surface area contributed by atoms with Gasteiger partial charge in [0.1, 0.15) is 0 Å². The van der Waals surface area contributed by atoms with Crippen LogP contribution in [0, 0.1) is 0 Å². The van der Waals surface area contributed by atoms with Gasteiger partial charge in [0, 0.05) is 24.6 Å². The number of fused-ring (bicyclic) bond motifs is 1. The monoisotopic (exact) mass is 323 g/mol. The molecular weight excluding hydrogens is 306 g/mol. The van der Waals surface area contributed by atoms with Crippen molar-refractivity contribution < 1.29 is 13.9 Å². The molecule has 0 unspecified atom stereocenters. The maximum Gasteiger partial charge on any atom is 0.344 e. The van der Waals surface area contributed by atoms with E-state index in [4.69, 9.17) is 9.15 Å². The summed E-state index contributed by atoms with van der Waals surface area (Å²) < 4.78 is 10.3. The van der Waals surface area contributed by atoms with E-state index in [9.17, 15) is 9.59 Å². The van der Waals surface area contributed by atoms with Crippen molar-refractivity contribution in [1.29, 1.82) is 0 Å². The SMILES string of the molecule is COCCNC(=O)c1oc(=O)c2ccccc2c1-c1ccccc1. The standard InChI is InChI=1S/C19H17NO4/c1-23-12-11-20-18(21)17-16(13-7-3-2-4-8-13)14-9-5-6-10-15(14)19(22)24-17/h2-10H,11-12H2,1H3,(H,20,21). The molecule has 2 aromatic carbocycles. The summed E-state index contributed by atoms with van der Waals surface area (Å²) in [7, 11) is 1.55. The van der Waals surface area contributed by atoms with Gasteiger partial charge in [-0.2, -0.15) is 0 Å². The first-order chi connectivity index (χ1) is 11.7. The summed E-state index contributed by atoms with van der Waals surface area (Å²) >= 11 is 0. The van der Waals surface area contributed by atoms with E-state index < -0.39 is 11.5 Å². The fourth-order valence-electron chi connectivity index (χ4n) is 2.60. The third-order valence-electron chi connectivity index (χ3n) is 3.70. The Hall–Kier alpha value is -2.92. The van der Waals surface area contributed by atoms with Gasteiger partial charge in [0.05, 0.1) is 12.0 Å². The molecule has 0 aliphatic carbocycles. The largest absolute Gasteiger partial charge is 0.416 e. The molecule has 5 heteroatoms. The molecule has 1 heterocycles. The maximum absolute atomic E-state index is 12.5. The Bertz CT molecular complexity index is 916. The molecule has 0 fully saturated rings. The number of methoxy groups -OCH3 is 1. The predicted molar refractivity (Wildman–Crippen MR) is 92.1 cm³/mol. The van der Waals surface area contributed by atoms with Crippen LogP contribution in [0.25, 0.3) is 21.9 Å². The van der Waals surface area contributed by atoms with Crippen LogP contribution in [0.2, 0.25) is 0 Å². The minimum Gasteiger partial charge on any atom is -0.416 e. The average Bonchev–Trinajstić information content (AvgIpc) is 2.62. The Balaban J connectivity index is 2.21. The molecule has 0 spiro atoms. The second kappa shape index (κ2) is 7.10. The fourth-order valence-corrected chi connectivity index (χ4v) is 2.60. The topological polar surface area (TPSA) is 68.5 Å². The normalized spacial score (nSPS) is 10.7. The zero-order chi connectivity index (χ0) is 16.9. The Morgan fingerprint density at radius 2 is 1.71 bits per heavy atom. The Labute approximate surface area is 138 Å². The highest BCUT2D eigenvalue weighted by molar-refractivity contribution is 6.07. The second-order valence-electron chi connectivity index (χ2n) is 5.25. The lowest BCUT2D eigenvalue weighted by Crippen LogP contribution is -2.28. The van der Waals surface area contributed by atoms with E-state index in [1.807, 2.05) is 42.5 Å². The first-order valence-electron chi connectivity index (χ1n) is 7.61. The summed E-state index contributed by atoms with van der Waals surface area (Å²) in [5, 5.41) is 3.85. The van der Waals surface area contributed by atoms with Gasteiger partial charge in [0.2, 0.25) is 5.76 Å². The Morgan fingerprint density at radius 3 is 2.42 bits per heavy atom. The number of hydrogen-bond acceptors (Lipinski definition) is 4. The van der Waals surface area contributed by atoms with Crippen molar-refractivity contribution in [2.75, 3.05) is 20.3 Å². The van der Waals surface area contributed by atoms with Crippen molar-refractivity contribution in [3.63, 3.8) is 0 Å². The minimum atomic E-state index is -0.526. The van der Waals surface area contributed by atoms with Gasteiger partial charge in [-0.15, -0.1) is 0 Å². The second-order valence-corrected chi connectivity index (χ2v) is 5.25. The molecule has 0 aliphatic heterocycles. The fraction of sp³-hybridized carbons (Fsp3) is 0.158. The molecule has 1 amide bonds. The van der Waals surface area contributed by atoms with Crippen LogP contribution in [0.5, 0.6) is 0 Å². The van der Waals surface area contributed by atoms with Gasteiger partial charge in [-0.25, -0.2) is 4.79 Å². The van der Waals surface area contributed by atoms with Crippen molar-refractivity contribution >= 4 is 16.7 Å². The number of benzene rings is 2. The van der Waals surface area contributed by atoms with Crippen LogP contribution >= 0.6 is 0 Å². The van der Waals surface area contributed by atoms with E-state index in [0.29, 0.717) is 29.5 Å². The number of ether oxygens (including phenoxy) is 1. The number of carbonyl (C=O) groups excluding carboxylic acids is 1. The summed E-state index contributed by atoms with van der Waals surface area (Å²) in [6.45, 7) is 0.713. The lowest BCUT2D eigenvalue weighted by atomic mass is 9.98. The number of amides is 1. The van der Waals surface area contributed by atoms with Crippen molar-refractivity contribution in [3.05, 3.63) is 70.8 Å². The van der Waals surface area contributed by atoms with E-state index in [1.165, 1.54) is 0 Å². The van der Waals surface area contributed by atoms with E-state index in [0.717, 1.165) is 5.56 Å². The number of hydrogen-bond donors (Lipinski definition) is 1. The van der Waals surface area contributed by atoms with Crippen LogP contribution in [0.15, 0.2) is 63.8 Å². The molecule has 1 aromatic heterocycles. The highest BCUT2D eigenvalue weighted by atomic mass is 16.5. The van der Waals surface area contributed by atoms with Crippen molar-refractivity contribution in [3.8, 4) is 11.1 Å². The zero-order valence-electron chi connectivity index (χ0n) is 13.2. The smallest absolute Gasteiger partial charge is 0.344 e. The van der Waals surface area contributed by atoms with Gasteiger partial charge in [-0.1, -0.05) is 48.5 Å². The zero-order valence-corrected chi connectivity index (χ0v) is 13.2. The van der Waals surface area contributed by atoms with Gasteiger partial charge in [0.15, 0.2) is 0 Å². The molecular formula is C19H17NO4. The summed E-state index contributed by atoms with van der Waals surface area (Å²) in [6, 6.07) is 16.5. The van der Waals surface area contributed by atoms with Crippen molar-refractivity contribution in [2.45, 2.75) is 0 Å². The maximum atomic E-state index is 12.5. The van der Waals surface area contributed by atoms with Gasteiger partial charge in [-0.3, -0.25) is 4.79 Å². The third-order valence-corrected chi connectivity index (χ3v) is 3.70. The van der Waals surface area contributed by atoms with Crippen LogP contribution < -0.4 is 10.9 Å². The van der Waals surface area contributed by atoms with Crippen LogP contribution in [-0.2, 0) is 4.74 Å². The number of carbonyl (C=O) groups is 1. The van der Waals surface area contributed by atoms with E-state index in [1.54, 1.807) is 19.2 Å². The molecule has 0 atom stereocenters. The molecule has 0 bridgehead atoms. The Kier molecular flexibility index (Phi) is 4.72. The van der Waals surface area contributed by atoms with Crippen molar-refractivity contribution in [1.82, 2.24) is 5.32 Å². The number of nitrogens with one attached hydrogen (secondary N) is 1. The van der Waals surface area contributed by atoms with Gasteiger partial charge in [0.25, 0.3) is 5.91 Å². The molecule has 0 saturated carbocycles. The van der Waals surface area contributed by atoms with Crippen LogP contribution in [0.4, 0.5) is 0 Å². The van der Waals surface area contributed by atoms with E-state index >= 15 is 0 Å². The summed E-state index contributed by atoms with van der Waals surface area (Å²) in [5.41, 5.74) is 0.900.